The molecule has 0 aromatic heterocycles. The van der Waals surface area contributed by atoms with Gasteiger partial charge in [-0.1, -0.05) is 103 Å². The lowest BCUT2D eigenvalue weighted by Crippen LogP contribution is -2.37. The normalized spacial score (nSPS) is 17.5. The van der Waals surface area contributed by atoms with Crippen LogP contribution in [0.15, 0.2) is 103 Å². The van der Waals surface area contributed by atoms with E-state index < -0.39 is 12.2 Å². The van der Waals surface area contributed by atoms with Crippen molar-refractivity contribution in [3.05, 3.63) is 131 Å². The van der Waals surface area contributed by atoms with Crippen LogP contribution in [0, 0.1) is 0 Å². The van der Waals surface area contributed by atoms with Gasteiger partial charge in [0.1, 0.15) is 0 Å². The van der Waals surface area contributed by atoms with Crippen molar-refractivity contribution in [3.8, 4) is 11.1 Å². The number of hydroxylamine groups is 1. The molecule has 5 rings (SSSR count). The fraction of sp³-hybridized carbons (Fsp3) is 0.350. The number of likely N-dealkylation sites (N-methyl/N-ethyl adjacent to an activating group) is 1. The average Bonchev–Trinajstić information content (AvgIpc) is 3.14. The Kier molecular flexibility index (Phi) is 13.5. The summed E-state index contributed by atoms with van der Waals surface area (Å²) in [5.41, 5.74) is 8.86. The Morgan fingerprint density at radius 1 is 0.755 bits per heavy atom. The van der Waals surface area contributed by atoms with E-state index in [1.807, 2.05) is 42.5 Å². The SMILES string of the molecule is CN(Cc1ccccc1)C[C@H]1C[C@@H](c2ccc(CO)cc2)O[C@@H](c2ccc(-c3cccc(CNC(=O)CCCCCC(=O)NO)c3)cc2)O1. The van der Waals surface area contributed by atoms with Crippen LogP contribution in [0.5, 0.6) is 0 Å². The number of carbonyl (C=O) groups excluding carboxylic acids is 2. The molecule has 258 valence electrons. The molecule has 4 N–H and O–H groups in total. The van der Waals surface area contributed by atoms with Gasteiger partial charge in [-0.15, -0.1) is 0 Å². The van der Waals surface area contributed by atoms with Gasteiger partial charge < -0.3 is 19.9 Å². The second-order valence-corrected chi connectivity index (χ2v) is 12.7. The summed E-state index contributed by atoms with van der Waals surface area (Å²) in [6.45, 7) is 2.02. The number of aliphatic hydroxyl groups excluding tert-OH is 1. The molecule has 49 heavy (non-hydrogen) atoms. The summed E-state index contributed by atoms with van der Waals surface area (Å²) >= 11 is 0. The maximum atomic E-state index is 12.4. The summed E-state index contributed by atoms with van der Waals surface area (Å²) in [4.78, 5) is 25.7. The van der Waals surface area contributed by atoms with E-state index >= 15 is 0 Å². The van der Waals surface area contributed by atoms with Gasteiger partial charge >= 0.3 is 0 Å². The van der Waals surface area contributed by atoms with E-state index in [4.69, 9.17) is 14.7 Å². The number of aliphatic hydroxyl groups is 1. The van der Waals surface area contributed by atoms with Crippen LogP contribution in [0.3, 0.4) is 0 Å². The minimum atomic E-state index is -0.533. The van der Waals surface area contributed by atoms with Gasteiger partial charge in [0.15, 0.2) is 6.29 Å². The second kappa shape index (κ2) is 18.4. The standard InChI is InChI=1S/C40H47N3O6/c1-43(26-29-9-4-2-5-10-29)27-36-24-37(33-17-15-30(28-44)16-18-33)49-40(48-36)34-21-19-32(20-22-34)35-12-8-11-31(23-35)25-41-38(45)13-6-3-7-14-39(46)42-47/h2,4-5,8-12,15-23,36-37,40,44,47H,3,6-7,13-14,24-28H2,1H3,(H,41,45)(H,42,46)/t36-,37+,40+/m1/s1. The van der Waals surface area contributed by atoms with Gasteiger partial charge in [-0.05, 0) is 59.3 Å². The number of benzene rings is 4. The van der Waals surface area contributed by atoms with Crippen LogP contribution in [0.1, 0.15) is 78.7 Å². The van der Waals surface area contributed by atoms with Crippen LogP contribution >= 0.6 is 0 Å². The van der Waals surface area contributed by atoms with Crippen molar-refractivity contribution in [1.29, 1.82) is 0 Å². The molecule has 9 nitrogen and oxygen atoms in total. The first-order valence-corrected chi connectivity index (χ1v) is 17.0. The first-order valence-electron chi connectivity index (χ1n) is 17.0. The van der Waals surface area contributed by atoms with E-state index in [2.05, 4.69) is 77.9 Å². The van der Waals surface area contributed by atoms with Crippen molar-refractivity contribution in [2.24, 2.45) is 0 Å². The summed E-state index contributed by atoms with van der Waals surface area (Å²) in [7, 11) is 2.12. The first kappa shape index (κ1) is 35.9. The van der Waals surface area contributed by atoms with Crippen molar-refractivity contribution >= 4 is 11.8 Å². The van der Waals surface area contributed by atoms with E-state index in [1.54, 1.807) is 5.48 Å². The molecule has 3 atom stereocenters. The molecule has 1 saturated heterocycles. The van der Waals surface area contributed by atoms with Crippen molar-refractivity contribution in [1.82, 2.24) is 15.7 Å². The molecule has 4 aromatic carbocycles. The lowest BCUT2D eigenvalue weighted by molar-refractivity contribution is -0.252. The highest BCUT2D eigenvalue weighted by Crippen LogP contribution is 2.38. The Morgan fingerprint density at radius 2 is 1.45 bits per heavy atom. The first-order chi connectivity index (χ1) is 23.9. The zero-order valence-corrected chi connectivity index (χ0v) is 28.1. The van der Waals surface area contributed by atoms with Crippen LogP contribution in [0.2, 0.25) is 0 Å². The summed E-state index contributed by atoms with van der Waals surface area (Å²) in [6, 6.07) is 34.8. The van der Waals surface area contributed by atoms with Gasteiger partial charge in [-0.25, -0.2) is 5.48 Å². The summed E-state index contributed by atoms with van der Waals surface area (Å²) in [5.74, 6) is -0.433. The molecule has 0 spiro atoms. The van der Waals surface area contributed by atoms with Crippen molar-refractivity contribution in [2.75, 3.05) is 13.6 Å². The number of nitrogens with one attached hydrogen (secondary N) is 2. The van der Waals surface area contributed by atoms with Crippen LogP contribution in [-0.2, 0) is 38.8 Å². The summed E-state index contributed by atoms with van der Waals surface area (Å²) < 4.78 is 13.1. The topological polar surface area (TPSA) is 120 Å². The fourth-order valence-corrected chi connectivity index (χ4v) is 6.13. The molecule has 4 aromatic rings. The van der Waals surface area contributed by atoms with E-state index in [9.17, 15) is 14.7 Å². The van der Waals surface area contributed by atoms with Crippen molar-refractivity contribution < 1.29 is 29.4 Å². The zero-order valence-electron chi connectivity index (χ0n) is 28.1. The lowest BCUT2D eigenvalue weighted by atomic mass is 9.99. The number of rotatable bonds is 16. The third-order valence-electron chi connectivity index (χ3n) is 8.79. The van der Waals surface area contributed by atoms with Gasteiger partial charge in [-0.2, -0.15) is 0 Å². The zero-order chi connectivity index (χ0) is 34.4. The smallest absolute Gasteiger partial charge is 0.243 e. The molecular formula is C40H47N3O6. The van der Waals surface area contributed by atoms with Gasteiger partial charge in [0.25, 0.3) is 0 Å². The summed E-state index contributed by atoms with van der Waals surface area (Å²) in [6.07, 6.45) is 2.70. The average molecular weight is 666 g/mol. The number of carbonyl (C=O) groups is 2. The molecule has 1 fully saturated rings. The predicted octanol–water partition coefficient (Wildman–Crippen LogP) is 6.60. The third kappa shape index (κ3) is 11.1. The maximum absolute atomic E-state index is 12.4. The molecule has 0 radical (unpaired) electrons. The van der Waals surface area contributed by atoms with Crippen LogP contribution in [0.25, 0.3) is 11.1 Å². The Bertz CT molecular complexity index is 1610. The largest absolute Gasteiger partial charge is 0.392 e. The van der Waals surface area contributed by atoms with Gasteiger partial charge in [-0.3, -0.25) is 19.7 Å². The molecule has 0 unspecified atom stereocenters. The number of hydrogen-bond acceptors (Lipinski definition) is 7. The molecule has 1 aliphatic heterocycles. The molecule has 0 saturated carbocycles. The number of ether oxygens (including phenoxy) is 2. The second-order valence-electron chi connectivity index (χ2n) is 12.7. The highest BCUT2D eigenvalue weighted by Gasteiger charge is 2.32. The highest BCUT2D eigenvalue weighted by atomic mass is 16.7. The molecule has 9 heteroatoms. The van der Waals surface area contributed by atoms with E-state index in [0.717, 1.165) is 59.3 Å². The monoisotopic (exact) mass is 665 g/mol. The Hall–Kier alpha value is -4.38. The van der Waals surface area contributed by atoms with E-state index in [1.165, 1.54) is 5.56 Å². The number of hydrogen-bond donors (Lipinski definition) is 4. The van der Waals surface area contributed by atoms with Gasteiger partial charge in [0.05, 0.1) is 18.8 Å². The highest BCUT2D eigenvalue weighted by molar-refractivity contribution is 5.76. The Labute approximate surface area is 288 Å². The number of unbranched alkanes of at least 4 members (excludes halogenated alkanes) is 2. The quantitative estimate of drug-likeness (QED) is 0.0605. The molecule has 1 heterocycles. The molecule has 0 bridgehead atoms. The lowest BCUT2D eigenvalue weighted by Gasteiger charge is -2.38. The minimum Gasteiger partial charge on any atom is -0.392 e. The predicted molar refractivity (Wildman–Crippen MR) is 188 cm³/mol. The maximum Gasteiger partial charge on any atom is 0.243 e. The van der Waals surface area contributed by atoms with Gasteiger partial charge in [0, 0.05) is 44.5 Å². The summed E-state index contributed by atoms with van der Waals surface area (Å²) in [5, 5.41) is 21.1. The molecule has 0 aliphatic carbocycles. The van der Waals surface area contributed by atoms with E-state index in [-0.39, 0.29) is 31.1 Å². The number of nitrogens with zero attached hydrogens (tertiary/aromatic N) is 1. The van der Waals surface area contributed by atoms with Gasteiger partial charge in [0.2, 0.25) is 11.8 Å². The van der Waals surface area contributed by atoms with E-state index in [0.29, 0.717) is 25.8 Å². The van der Waals surface area contributed by atoms with Crippen LogP contribution in [-0.4, -0.2) is 46.7 Å². The van der Waals surface area contributed by atoms with Crippen LogP contribution in [0.4, 0.5) is 0 Å². The fourth-order valence-electron chi connectivity index (χ4n) is 6.13. The number of amides is 2. The van der Waals surface area contributed by atoms with Crippen molar-refractivity contribution in [2.45, 2.75) is 76.7 Å². The molecule has 2 amide bonds. The van der Waals surface area contributed by atoms with Crippen molar-refractivity contribution in [3.63, 3.8) is 0 Å². The minimum absolute atomic E-state index is 0.00481. The Balaban J connectivity index is 1.21. The Morgan fingerprint density at radius 3 is 2.16 bits per heavy atom. The van der Waals surface area contributed by atoms with Crippen LogP contribution < -0.4 is 10.8 Å². The third-order valence-corrected chi connectivity index (χ3v) is 8.79. The molecular weight excluding hydrogens is 618 g/mol. The molecule has 1 aliphatic rings.